The van der Waals surface area contributed by atoms with Crippen LogP contribution in [-0.4, -0.2) is 37.2 Å². The van der Waals surface area contributed by atoms with Crippen LogP contribution in [0.5, 0.6) is 0 Å². The first-order valence-electron chi connectivity index (χ1n) is 30.2. The molecule has 73 heavy (non-hydrogen) atoms. The molecule has 0 radical (unpaired) electrons. The Labute approximate surface area is 450 Å². The first-order chi connectivity index (χ1) is 36.0. The topological polar surface area (TPSA) is 78.9 Å². The molecule has 1 atom stereocenters. The Bertz CT molecular complexity index is 1540. The number of ether oxygens (including phenoxy) is 3. The highest BCUT2D eigenvalue weighted by Crippen LogP contribution is 2.15. The Morgan fingerprint density at radius 2 is 0.534 bits per heavy atom. The second kappa shape index (κ2) is 60.4. The van der Waals surface area contributed by atoms with Crippen LogP contribution in [0.2, 0.25) is 0 Å². The highest BCUT2D eigenvalue weighted by Gasteiger charge is 2.19. The average Bonchev–Trinajstić information content (AvgIpc) is 3.39. The molecule has 414 valence electrons. The summed E-state index contributed by atoms with van der Waals surface area (Å²) in [6.45, 7) is 6.48. The quantitative estimate of drug-likeness (QED) is 0.0199. The number of hydrogen-bond donors (Lipinski definition) is 0. The van der Waals surface area contributed by atoms with Crippen molar-refractivity contribution in [3.05, 3.63) is 122 Å². The van der Waals surface area contributed by atoms with Crippen molar-refractivity contribution >= 4 is 17.9 Å². The van der Waals surface area contributed by atoms with Crippen molar-refractivity contribution in [2.24, 2.45) is 0 Å². The maximum Gasteiger partial charge on any atom is 0.306 e. The van der Waals surface area contributed by atoms with Gasteiger partial charge in [0, 0.05) is 19.3 Å². The third kappa shape index (κ3) is 58.6. The van der Waals surface area contributed by atoms with Crippen molar-refractivity contribution in [2.45, 2.75) is 271 Å². The smallest absolute Gasteiger partial charge is 0.306 e. The number of hydrogen-bond acceptors (Lipinski definition) is 6. The summed E-state index contributed by atoms with van der Waals surface area (Å²) in [5.41, 5.74) is 0. The maximum absolute atomic E-state index is 12.9. The molecule has 0 aliphatic carbocycles. The summed E-state index contributed by atoms with van der Waals surface area (Å²) in [7, 11) is 0. The Hall–Kier alpha value is -4.19. The highest BCUT2D eigenvalue weighted by atomic mass is 16.6. The standard InChI is InChI=1S/C67H110O6/c1-4-7-10-13-16-19-22-25-28-31-34-37-39-42-45-48-51-54-57-60-66(69)72-63-64(73-67(70)61-58-55-52-49-46-43-40-36-33-30-27-24-21-18-15-12-9-6-3)62-71-65(68)59-56-53-50-47-44-41-38-35-32-29-26-23-20-17-14-11-8-5-2/h12,15,17-18,20-21,23-24,26-27,29-36,38,40,64H,4-11,13-14,16,19,22,25,28,37,39,41-63H2,1-3H3/b15-12-,20-17-,21-18-,26-23-,27-24-,32-29-,33-30-,34-31-,38-35-,40-36-. The van der Waals surface area contributed by atoms with Crippen molar-refractivity contribution in [3.63, 3.8) is 0 Å². The second-order valence-corrected chi connectivity index (χ2v) is 19.8. The van der Waals surface area contributed by atoms with Crippen LogP contribution in [0, 0.1) is 0 Å². The van der Waals surface area contributed by atoms with Crippen LogP contribution < -0.4 is 0 Å². The molecule has 6 heteroatoms. The first-order valence-corrected chi connectivity index (χ1v) is 30.2. The van der Waals surface area contributed by atoms with E-state index in [1.807, 2.05) is 24.3 Å². The normalized spacial score (nSPS) is 13.0. The maximum atomic E-state index is 12.9. The number of esters is 3. The zero-order valence-electron chi connectivity index (χ0n) is 47.4. The van der Waals surface area contributed by atoms with E-state index in [2.05, 4.69) is 118 Å². The van der Waals surface area contributed by atoms with Crippen molar-refractivity contribution in [1.29, 1.82) is 0 Å². The number of rotatable bonds is 53. The highest BCUT2D eigenvalue weighted by molar-refractivity contribution is 5.71. The minimum absolute atomic E-state index is 0.102. The van der Waals surface area contributed by atoms with Crippen molar-refractivity contribution < 1.29 is 28.6 Å². The molecule has 0 aliphatic rings. The summed E-state index contributed by atoms with van der Waals surface area (Å²) >= 11 is 0. The van der Waals surface area contributed by atoms with E-state index >= 15 is 0 Å². The molecule has 0 rings (SSSR count). The lowest BCUT2D eigenvalue weighted by molar-refractivity contribution is -0.167. The second-order valence-electron chi connectivity index (χ2n) is 19.8. The van der Waals surface area contributed by atoms with Gasteiger partial charge in [-0.2, -0.15) is 0 Å². The average molecular weight is 1010 g/mol. The molecule has 0 aromatic rings. The molecule has 1 unspecified atom stereocenters. The van der Waals surface area contributed by atoms with Crippen LogP contribution in [0.3, 0.4) is 0 Å². The van der Waals surface area contributed by atoms with E-state index in [1.54, 1.807) is 0 Å². The zero-order chi connectivity index (χ0) is 52.9. The Kier molecular flexibility index (Phi) is 56.9. The predicted octanol–water partition coefficient (Wildman–Crippen LogP) is 20.4. The minimum Gasteiger partial charge on any atom is -0.462 e. The largest absolute Gasteiger partial charge is 0.462 e. The summed E-state index contributed by atoms with van der Waals surface area (Å²) in [5.74, 6) is -0.953. The van der Waals surface area contributed by atoms with Gasteiger partial charge in [-0.15, -0.1) is 0 Å². The molecule has 0 saturated carbocycles. The SMILES string of the molecule is CCC\C=C/C=C\C=C/C=C\C=C/CCCCCCCC(=O)OC(COC(=O)CCCCCCC\C=C/C=C\C=C/C=C\CCCCC)COC(=O)CCCCCCCCC/C=C\CCCCCCCCCC. The molecular formula is C67H110O6. The minimum atomic E-state index is -0.808. The van der Waals surface area contributed by atoms with Gasteiger partial charge in [-0.25, -0.2) is 0 Å². The predicted molar refractivity (Wildman–Crippen MR) is 316 cm³/mol. The van der Waals surface area contributed by atoms with Crippen LogP contribution in [0.15, 0.2) is 122 Å². The molecule has 0 N–H and O–H groups in total. The molecule has 0 aromatic heterocycles. The van der Waals surface area contributed by atoms with Gasteiger partial charge in [-0.05, 0) is 89.9 Å². The first kappa shape index (κ1) is 68.8. The van der Waals surface area contributed by atoms with Crippen molar-refractivity contribution in [3.8, 4) is 0 Å². The Morgan fingerprint density at radius 3 is 0.890 bits per heavy atom. The molecule has 0 saturated heterocycles. The van der Waals surface area contributed by atoms with Gasteiger partial charge in [-0.1, -0.05) is 277 Å². The van der Waals surface area contributed by atoms with Crippen LogP contribution in [0.25, 0.3) is 0 Å². The molecule has 0 aliphatic heterocycles. The van der Waals surface area contributed by atoms with Crippen LogP contribution in [0.1, 0.15) is 265 Å². The van der Waals surface area contributed by atoms with Gasteiger partial charge < -0.3 is 14.2 Å². The summed E-state index contributed by atoms with van der Waals surface area (Å²) < 4.78 is 16.9. The molecule has 0 aromatic carbocycles. The van der Waals surface area contributed by atoms with Crippen molar-refractivity contribution in [1.82, 2.24) is 0 Å². The van der Waals surface area contributed by atoms with Gasteiger partial charge >= 0.3 is 17.9 Å². The van der Waals surface area contributed by atoms with Gasteiger partial charge in [-0.3, -0.25) is 14.4 Å². The number of carbonyl (C=O) groups is 3. The summed E-state index contributed by atoms with van der Waals surface area (Å²) in [6, 6.07) is 0. The Balaban J connectivity index is 4.51. The van der Waals surface area contributed by atoms with E-state index in [4.69, 9.17) is 14.2 Å². The lowest BCUT2D eigenvalue weighted by atomic mass is 10.1. The number of carbonyl (C=O) groups excluding carboxylic acids is 3. The van der Waals surface area contributed by atoms with Crippen LogP contribution >= 0.6 is 0 Å². The molecule has 0 bridgehead atoms. The van der Waals surface area contributed by atoms with E-state index < -0.39 is 6.10 Å². The summed E-state index contributed by atoms with van der Waals surface area (Å²) in [5, 5.41) is 0. The molecule has 0 spiro atoms. The fourth-order valence-electron chi connectivity index (χ4n) is 8.07. The molecule has 0 heterocycles. The monoisotopic (exact) mass is 1010 g/mol. The fourth-order valence-corrected chi connectivity index (χ4v) is 8.07. The molecule has 6 nitrogen and oxygen atoms in total. The van der Waals surface area contributed by atoms with Crippen molar-refractivity contribution in [2.75, 3.05) is 13.2 Å². The van der Waals surface area contributed by atoms with E-state index in [-0.39, 0.29) is 37.5 Å². The van der Waals surface area contributed by atoms with E-state index in [9.17, 15) is 14.4 Å². The van der Waals surface area contributed by atoms with Crippen LogP contribution in [0.4, 0.5) is 0 Å². The zero-order valence-corrected chi connectivity index (χ0v) is 47.4. The van der Waals surface area contributed by atoms with Gasteiger partial charge in [0.1, 0.15) is 13.2 Å². The summed E-state index contributed by atoms with van der Waals surface area (Å²) in [4.78, 5) is 38.3. The van der Waals surface area contributed by atoms with E-state index in [0.29, 0.717) is 12.8 Å². The summed E-state index contributed by atoms with van der Waals surface area (Å²) in [6.07, 6.45) is 83.2. The third-order valence-corrected chi connectivity index (χ3v) is 12.6. The molecule has 0 fully saturated rings. The van der Waals surface area contributed by atoms with Gasteiger partial charge in [0.2, 0.25) is 0 Å². The number of allylic oxidation sites excluding steroid dienone is 20. The lowest BCUT2D eigenvalue weighted by Crippen LogP contribution is -2.30. The molecular weight excluding hydrogens is 901 g/mol. The third-order valence-electron chi connectivity index (χ3n) is 12.6. The fraction of sp³-hybridized carbons (Fsp3) is 0.657. The van der Waals surface area contributed by atoms with Gasteiger partial charge in [0.25, 0.3) is 0 Å². The van der Waals surface area contributed by atoms with Crippen LogP contribution in [-0.2, 0) is 28.6 Å². The van der Waals surface area contributed by atoms with E-state index in [0.717, 1.165) is 109 Å². The molecule has 0 amide bonds. The van der Waals surface area contributed by atoms with Gasteiger partial charge in [0.15, 0.2) is 6.10 Å². The van der Waals surface area contributed by atoms with Gasteiger partial charge in [0.05, 0.1) is 0 Å². The van der Waals surface area contributed by atoms with E-state index in [1.165, 1.54) is 116 Å². The number of unbranched alkanes of at least 4 members (excludes halogenated alkanes) is 29. The lowest BCUT2D eigenvalue weighted by Gasteiger charge is -2.18. The Morgan fingerprint density at radius 1 is 0.274 bits per heavy atom.